The van der Waals surface area contributed by atoms with E-state index in [4.69, 9.17) is 5.26 Å². The van der Waals surface area contributed by atoms with E-state index >= 15 is 0 Å². The summed E-state index contributed by atoms with van der Waals surface area (Å²) in [7, 11) is 1.06. The predicted octanol–water partition coefficient (Wildman–Crippen LogP) is 2.55. The molecule has 1 aromatic rings. The summed E-state index contributed by atoms with van der Waals surface area (Å²) in [5, 5.41) is 8.86. The number of ether oxygens (including phenoxy) is 2. The molecule has 0 fully saturated rings. The minimum absolute atomic E-state index is 0.0940. The van der Waals surface area contributed by atoms with Crippen molar-refractivity contribution < 1.29 is 27.4 Å². The Labute approximate surface area is 101 Å². The molecule has 0 saturated heterocycles. The first-order valence-corrected chi connectivity index (χ1v) is 4.68. The zero-order chi connectivity index (χ0) is 13.9. The highest BCUT2D eigenvalue weighted by atomic mass is 19.4. The summed E-state index contributed by atoms with van der Waals surface area (Å²) in [5.41, 5.74) is -0.680. The molecule has 0 unspecified atom stereocenters. The van der Waals surface area contributed by atoms with Gasteiger partial charge in [0.15, 0.2) is 5.75 Å². The maximum Gasteiger partial charge on any atom is 0.573 e. The number of aryl methyl sites for hydroxylation is 1. The van der Waals surface area contributed by atoms with Crippen LogP contribution in [0.3, 0.4) is 0 Å². The van der Waals surface area contributed by atoms with Gasteiger partial charge < -0.3 is 9.47 Å². The van der Waals surface area contributed by atoms with Gasteiger partial charge in [0.1, 0.15) is 11.6 Å². The van der Waals surface area contributed by atoms with Crippen LogP contribution in [0.2, 0.25) is 0 Å². The molecule has 0 radical (unpaired) electrons. The first kappa shape index (κ1) is 13.8. The van der Waals surface area contributed by atoms with Crippen LogP contribution in [-0.4, -0.2) is 19.4 Å². The number of hydrogen-bond donors (Lipinski definition) is 0. The van der Waals surface area contributed by atoms with Gasteiger partial charge in [-0.1, -0.05) is 6.07 Å². The third kappa shape index (κ3) is 2.91. The highest BCUT2D eigenvalue weighted by Crippen LogP contribution is 2.31. The Kier molecular flexibility index (Phi) is 3.81. The molecule has 0 atom stereocenters. The van der Waals surface area contributed by atoms with Crippen molar-refractivity contribution in [2.45, 2.75) is 13.3 Å². The van der Waals surface area contributed by atoms with Crippen LogP contribution in [0, 0.1) is 18.3 Å². The van der Waals surface area contributed by atoms with Crippen molar-refractivity contribution in [3.63, 3.8) is 0 Å². The van der Waals surface area contributed by atoms with Gasteiger partial charge >= 0.3 is 12.3 Å². The molecule has 4 nitrogen and oxygen atoms in total. The van der Waals surface area contributed by atoms with Gasteiger partial charge in [0.05, 0.1) is 12.7 Å². The monoisotopic (exact) mass is 259 g/mol. The maximum atomic E-state index is 12.2. The van der Waals surface area contributed by atoms with Crippen LogP contribution in [0.25, 0.3) is 0 Å². The third-order valence-electron chi connectivity index (χ3n) is 2.09. The van der Waals surface area contributed by atoms with E-state index in [-0.39, 0.29) is 11.1 Å². The molecular formula is C11H8F3NO3. The Hall–Kier alpha value is -2.23. The lowest BCUT2D eigenvalue weighted by Crippen LogP contribution is -2.19. The Morgan fingerprint density at radius 1 is 1.39 bits per heavy atom. The Morgan fingerprint density at radius 3 is 2.44 bits per heavy atom. The number of carbonyl (C=O) groups is 1. The van der Waals surface area contributed by atoms with Gasteiger partial charge in [0.2, 0.25) is 0 Å². The van der Waals surface area contributed by atoms with Crippen molar-refractivity contribution in [3.05, 3.63) is 28.8 Å². The van der Waals surface area contributed by atoms with E-state index in [1.165, 1.54) is 25.1 Å². The summed E-state index contributed by atoms with van der Waals surface area (Å²) in [6.07, 6.45) is -4.94. The molecule has 0 aliphatic rings. The van der Waals surface area contributed by atoms with Gasteiger partial charge in [-0.2, -0.15) is 5.26 Å². The molecule has 0 saturated carbocycles. The Bertz CT molecular complexity index is 517. The summed E-state index contributed by atoms with van der Waals surface area (Å²) in [5.74, 6) is -1.59. The zero-order valence-electron chi connectivity index (χ0n) is 9.46. The molecule has 0 N–H and O–H groups in total. The highest BCUT2D eigenvalue weighted by Gasteiger charge is 2.34. The van der Waals surface area contributed by atoms with Crippen LogP contribution in [0.4, 0.5) is 13.2 Å². The lowest BCUT2D eigenvalue weighted by Gasteiger charge is -2.14. The SMILES string of the molecule is COC(=O)c1ccc(C)c(OC(F)(F)F)c1C#N. The minimum Gasteiger partial charge on any atom is -0.465 e. The summed E-state index contributed by atoms with van der Waals surface area (Å²) in [6, 6.07) is 3.97. The largest absolute Gasteiger partial charge is 0.573 e. The van der Waals surface area contributed by atoms with E-state index in [1.807, 2.05) is 0 Å². The van der Waals surface area contributed by atoms with Crippen LogP contribution in [-0.2, 0) is 4.74 Å². The molecule has 0 heterocycles. The van der Waals surface area contributed by atoms with Crippen LogP contribution >= 0.6 is 0 Å². The maximum absolute atomic E-state index is 12.2. The lowest BCUT2D eigenvalue weighted by atomic mass is 10.0. The van der Waals surface area contributed by atoms with E-state index in [2.05, 4.69) is 9.47 Å². The lowest BCUT2D eigenvalue weighted by molar-refractivity contribution is -0.275. The molecule has 18 heavy (non-hydrogen) atoms. The number of esters is 1. The molecule has 0 aliphatic carbocycles. The zero-order valence-corrected chi connectivity index (χ0v) is 9.46. The van der Waals surface area contributed by atoms with Crippen molar-refractivity contribution in [1.29, 1.82) is 5.26 Å². The number of rotatable bonds is 2. The number of methoxy groups -OCH3 is 1. The van der Waals surface area contributed by atoms with Crippen LogP contribution in [0.15, 0.2) is 12.1 Å². The number of hydrogen-bond acceptors (Lipinski definition) is 4. The van der Waals surface area contributed by atoms with Crippen LogP contribution in [0.5, 0.6) is 5.75 Å². The number of nitriles is 1. The molecule has 1 aromatic carbocycles. The fourth-order valence-corrected chi connectivity index (χ4v) is 1.33. The third-order valence-corrected chi connectivity index (χ3v) is 2.09. The van der Waals surface area contributed by atoms with Crippen molar-refractivity contribution in [2.24, 2.45) is 0 Å². The molecule has 0 amide bonds. The average molecular weight is 259 g/mol. The second kappa shape index (κ2) is 4.96. The summed E-state index contributed by atoms with van der Waals surface area (Å²) in [4.78, 5) is 11.3. The van der Waals surface area contributed by atoms with Crippen molar-refractivity contribution in [1.82, 2.24) is 0 Å². The Morgan fingerprint density at radius 2 is 2.00 bits per heavy atom. The second-order valence-corrected chi connectivity index (χ2v) is 3.29. The number of carbonyl (C=O) groups excluding carboxylic acids is 1. The summed E-state index contributed by atoms with van der Waals surface area (Å²) < 4.78 is 44.8. The minimum atomic E-state index is -4.94. The van der Waals surface area contributed by atoms with Gasteiger partial charge in [0, 0.05) is 0 Å². The van der Waals surface area contributed by atoms with Gasteiger partial charge in [-0.15, -0.1) is 13.2 Å². The molecule has 0 bridgehead atoms. The summed E-state index contributed by atoms with van der Waals surface area (Å²) >= 11 is 0. The van der Waals surface area contributed by atoms with Gasteiger partial charge in [-0.3, -0.25) is 0 Å². The predicted molar refractivity (Wildman–Crippen MR) is 53.9 cm³/mol. The van der Waals surface area contributed by atoms with Crippen LogP contribution < -0.4 is 4.74 Å². The molecule has 0 aromatic heterocycles. The number of benzene rings is 1. The normalized spacial score (nSPS) is 10.7. The molecule has 0 spiro atoms. The summed E-state index contributed by atoms with van der Waals surface area (Å²) in [6.45, 7) is 1.34. The molecular weight excluding hydrogens is 251 g/mol. The second-order valence-electron chi connectivity index (χ2n) is 3.29. The topological polar surface area (TPSA) is 59.3 Å². The van der Waals surface area contributed by atoms with E-state index < -0.39 is 23.6 Å². The highest BCUT2D eigenvalue weighted by molar-refractivity contribution is 5.93. The fourth-order valence-electron chi connectivity index (χ4n) is 1.33. The van der Waals surface area contributed by atoms with Gasteiger partial charge in [-0.25, -0.2) is 4.79 Å². The Balaban J connectivity index is 3.41. The van der Waals surface area contributed by atoms with Crippen molar-refractivity contribution >= 4 is 5.97 Å². The quantitative estimate of drug-likeness (QED) is 0.766. The van der Waals surface area contributed by atoms with Gasteiger partial charge in [-0.05, 0) is 18.6 Å². The van der Waals surface area contributed by atoms with E-state index in [0.717, 1.165) is 7.11 Å². The number of nitrogens with zero attached hydrogens (tertiary/aromatic N) is 1. The first-order chi connectivity index (χ1) is 8.30. The number of alkyl halides is 3. The van der Waals surface area contributed by atoms with E-state index in [9.17, 15) is 18.0 Å². The average Bonchev–Trinajstić information content (AvgIpc) is 2.29. The smallest absolute Gasteiger partial charge is 0.465 e. The van der Waals surface area contributed by atoms with Crippen molar-refractivity contribution in [3.8, 4) is 11.8 Å². The molecule has 1 rings (SSSR count). The standard InChI is InChI=1S/C11H8F3NO3/c1-6-3-4-7(10(16)17-2)8(5-15)9(6)18-11(12,13)14/h3-4H,1-2H3. The van der Waals surface area contributed by atoms with E-state index in [0.29, 0.717) is 0 Å². The molecule has 7 heteroatoms. The van der Waals surface area contributed by atoms with Crippen molar-refractivity contribution in [2.75, 3.05) is 7.11 Å². The van der Waals surface area contributed by atoms with E-state index in [1.54, 1.807) is 0 Å². The van der Waals surface area contributed by atoms with Gasteiger partial charge in [0.25, 0.3) is 0 Å². The fraction of sp³-hybridized carbons (Fsp3) is 0.273. The first-order valence-electron chi connectivity index (χ1n) is 4.68. The number of halogens is 3. The van der Waals surface area contributed by atoms with Crippen LogP contribution in [0.1, 0.15) is 21.5 Å². The molecule has 96 valence electrons. The molecule has 0 aliphatic heterocycles.